The summed E-state index contributed by atoms with van der Waals surface area (Å²) in [6.45, 7) is 0.422. The Labute approximate surface area is 231 Å². The molecule has 2 aliphatic rings. The fraction of sp³-hybridized carbons (Fsp3) is 0.357. The maximum Gasteiger partial charge on any atom is 0.229 e. The average molecular weight is 548 g/mol. The first-order valence-corrected chi connectivity index (χ1v) is 13.3. The van der Waals surface area contributed by atoms with Gasteiger partial charge in [-0.1, -0.05) is 36.9 Å². The van der Waals surface area contributed by atoms with Gasteiger partial charge in [-0.15, -0.1) is 0 Å². The van der Waals surface area contributed by atoms with Crippen LogP contribution in [0.15, 0.2) is 49.2 Å². The summed E-state index contributed by atoms with van der Waals surface area (Å²) in [6.07, 6.45) is 12.1. The van der Waals surface area contributed by atoms with Crippen LogP contribution in [0.2, 0.25) is 5.02 Å². The van der Waals surface area contributed by atoms with E-state index < -0.39 is 0 Å². The summed E-state index contributed by atoms with van der Waals surface area (Å²) >= 11 is 6.56. The summed E-state index contributed by atoms with van der Waals surface area (Å²) in [5.74, 6) is 4.41. The molecule has 1 aliphatic carbocycles. The van der Waals surface area contributed by atoms with Crippen molar-refractivity contribution in [3.8, 4) is 23.1 Å². The second kappa shape index (κ2) is 10.6. The van der Waals surface area contributed by atoms with Crippen LogP contribution in [-0.2, 0) is 6.42 Å². The van der Waals surface area contributed by atoms with E-state index in [0.717, 1.165) is 23.6 Å². The summed E-state index contributed by atoms with van der Waals surface area (Å²) in [5.41, 5.74) is 2.70. The number of hydrogen-bond acceptors (Lipinski definition) is 9. The van der Waals surface area contributed by atoms with E-state index in [2.05, 4.69) is 20.3 Å². The topological polar surface area (TPSA) is 99.5 Å². The number of ether oxygens (including phenoxy) is 3. The maximum atomic E-state index is 6.56. The Bertz CT molecular complexity index is 1490. The van der Waals surface area contributed by atoms with E-state index >= 15 is 0 Å². The minimum absolute atomic E-state index is 0.121. The number of aromatic nitrogens is 5. The quantitative estimate of drug-likeness (QED) is 0.311. The van der Waals surface area contributed by atoms with Crippen molar-refractivity contribution in [2.75, 3.05) is 38.1 Å². The van der Waals surface area contributed by atoms with Gasteiger partial charge in [-0.25, -0.2) is 15.0 Å². The van der Waals surface area contributed by atoms with Crippen LogP contribution in [-0.4, -0.2) is 52.4 Å². The second-order valence-electron chi connectivity index (χ2n) is 9.85. The highest BCUT2D eigenvalue weighted by atomic mass is 35.5. The van der Waals surface area contributed by atoms with Gasteiger partial charge in [0.15, 0.2) is 23.1 Å². The molecule has 10 nitrogen and oxygen atoms in total. The van der Waals surface area contributed by atoms with Crippen LogP contribution in [0.3, 0.4) is 0 Å². The van der Waals surface area contributed by atoms with Crippen LogP contribution in [0.25, 0.3) is 5.82 Å². The molecule has 39 heavy (non-hydrogen) atoms. The molecule has 1 aromatic carbocycles. The van der Waals surface area contributed by atoms with Crippen LogP contribution in [0.4, 0.5) is 17.5 Å². The minimum Gasteiger partial charge on any atom is -0.497 e. The van der Waals surface area contributed by atoms with E-state index in [1.54, 1.807) is 39.0 Å². The van der Waals surface area contributed by atoms with Crippen molar-refractivity contribution in [3.05, 3.63) is 65.5 Å². The van der Waals surface area contributed by atoms with Crippen molar-refractivity contribution in [1.29, 1.82) is 0 Å². The van der Waals surface area contributed by atoms with Crippen molar-refractivity contribution in [2.24, 2.45) is 5.92 Å². The Balaban J connectivity index is 1.21. The molecule has 0 amide bonds. The SMILES string of the molecule is COc1ccc(C2COc3cnc(Nc4cnc(-n5cnc(CC6CCC6)c5)c(OC)c4)nc3N2C)c(Cl)c1. The van der Waals surface area contributed by atoms with Crippen LogP contribution in [0.1, 0.15) is 36.6 Å². The number of rotatable bonds is 8. The lowest BCUT2D eigenvalue weighted by atomic mass is 9.82. The first-order valence-electron chi connectivity index (χ1n) is 12.9. The third-order valence-corrected chi connectivity index (χ3v) is 7.74. The lowest BCUT2D eigenvalue weighted by Crippen LogP contribution is -2.34. The Morgan fingerprint density at radius 2 is 1.95 bits per heavy atom. The number of halogens is 1. The monoisotopic (exact) mass is 547 g/mol. The van der Waals surface area contributed by atoms with Gasteiger partial charge in [-0.05, 0) is 30.0 Å². The average Bonchev–Trinajstić information content (AvgIpc) is 3.40. The Kier molecular flexibility index (Phi) is 6.86. The Morgan fingerprint density at radius 3 is 2.69 bits per heavy atom. The van der Waals surface area contributed by atoms with Gasteiger partial charge in [0.25, 0.3) is 0 Å². The molecule has 202 valence electrons. The van der Waals surface area contributed by atoms with E-state index in [1.165, 1.54) is 19.3 Å². The van der Waals surface area contributed by atoms with Gasteiger partial charge in [0.05, 0.1) is 44.0 Å². The molecule has 0 spiro atoms. The number of imidazole rings is 1. The Hall–Kier alpha value is -4.05. The van der Waals surface area contributed by atoms with Crippen molar-refractivity contribution in [2.45, 2.75) is 31.7 Å². The Morgan fingerprint density at radius 1 is 1.08 bits per heavy atom. The lowest BCUT2D eigenvalue weighted by Gasteiger charge is -2.35. The van der Waals surface area contributed by atoms with E-state index in [4.69, 9.17) is 30.8 Å². The molecule has 0 bridgehead atoms. The smallest absolute Gasteiger partial charge is 0.229 e. The fourth-order valence-electron chi connectivity index (χ4n) is 4.96. The molecule has 3 aromatic heterocycles. The minimum atomic E-state index is -0.121. The lowest BCUT2D eigenvalue weighted by molar-refractivity contribution is 0.265. The predicted octanol–water partition coefficient (Wildman–Crippen LogP) is 5.38. The van der Waals surface area contributed by atoms with Crippen molar-refractivity contribution < 1.29 is 14.2 Å². The van der Waals surface area contributed by atoms with Gasteiger partial charge in [-0.2, -0.15) is 4.98 Å². The van der Waals surface area contributed by atoms with Gasteiger partial charge < -0.3 is 24.4 Å². The molecule has 1 aliphatic heterocycles. The van der Waals surface area contributed by atoms with Crippen molar-refractivity contribution in [1.82, 2.24) is 24.5 Å². The summed E-state index contributed by atoms with van der Waals surface area (Å²) in [5, 5.41) is 3.85. The van der Waals surface area contributed by atoms with E-state index in [9.17, 15) is 0 Å². The van der Waals surface area contributed by atoms with Crippen LogP contribution >= 0.6 is 11.6 Å². The first kappa shape index (κ1) is 25.2. The van der Waals surface area contributed by atoms with Gasteiger partial charge >= 0.3 is 0 Å². The largest absolute Gasteiger partial charge is 0.497 e. The maximum absolute atomic E-state index is 6.56. The number of likely N-dealkylation sites (N-methyl/N-ethyl adjacent to an activating group) is 1. The number of nitrogens with zero attached hydrogens (tertiary/aromatic N) is 6. The molecule has 0 saturated heterocycles. The molecule has 6 rings (SSSR count). The van der Waals surface area contributed by atoms with Gasteiger partial charge in [0.2, 0.25) is 5.95 Å². The molecular formula is C28H30ClN7O3. The van der Waals surface area contributed by atoms with Crippen molar-refractivity contribution in [3.63, 3.8) is 0 Å². The molecule has 1 atom stereocenters. The zero-order valence-electron chi connectivity index (χ0n) is 22.1. The predicted molar refractivity (Wildman–Crippen MR) is 149 cm³/mol. The molecule has 1 fully saturated rings. The molecule has 1 N–H and O–H groups in total. The highest BCUT2D eigenvalue weighted by Crippen LogP contribution is 2.40. The number of fused-ring (bicyclic) bond motifs is 1. The standard InChI is InChI=1S/C28H30ClN7O3/c1-35-23(21-8-7-20(37-2)11-22(21)29)15-39-25-13-31-28(34-27(25)35)33-18-10-24(38-3)26(30-12-18)36-14-19(32-16-36)9-17-5-4-6-17/h7-8,10-14,16-17,23H,4-6,9,15H2,1-3H3,(H,31,33,34). The third-order valence-electron chi connectivity index (χ3n) is 7.41. The number of anilines is 3. The summed E-state index contributed by atoms with van der Waals surface area (Å²) in [4.78, 5) is 20.4. The van der Waals surface area contributed by atoms with Gasteiger partial charge in [-0.3, -0.25) is 4.57 Å². The van der Waals surface area contributed by atoms with E-state index in [-0.39, 0.29) is 6.04 Å². The fourth-order valence-corrected chi connectivity index (χ4v) is 5.26. The van der Waals surface area contributed by atoms with E-state index in [1.807, 2.05) is 40.9 Å². The molecule has 4 aromatic rings. The highest BCUT2D eigenvalue weighted by molar-refractivity contribution is 6.31. The number of benzene rings is 1. The normalized spacial score (nSPS) is 16.7. The third kappa shape index (κ3) is 5.04. The molecule has 11 heteroatoms. The number of methoxy groups -OCH3 is 2. The van der Waals surface area contributed by atoms with Gasteiger partial charge in [0.1, 0.15) is 18.7 Å². The van der Waals surface area contributed by atoms with Crippen molar-refractivity contribution >= 4 is 29.1 Å². The molecule has 0 radical (unpaired) electrons. The zero-order valence-corrected chi connectivity index (χ0v) is 22.9. The first-order chi connectivity index (χ1) is 19.0. The second-order valence-corrected chi connectivity index (χ2v) is 10.3. The molecular weight excluding hydrogens is 518 g/mol. The van der Waals surface area contributed by atoms with Crippen LogP contribution in [0, 0.1) is 5.92 Å². The molecule has 4 heterocycles. The van der Waals surface area contributed by atoms with Crippen LogP contribution < -0.4 is 24.4 Å². The zero-order chi connectivity index (χ0) is 26.9. The highest BCUT2D eigenvalue weighted by Gasteiger charge is 2.30. The molecule has 1 unspecified atom stereocenters. The number of pyridine rings is 1. The number of nitrogens with one attached hydrogen (secondary N) is 1. The van der Waals surface area contributed by atoms with E-state index in [0.29, 0.717) is 52.1 Å². The number of hydrogen-bond donors (Lipinski definition) is 1. The summed E-state index contributed by atoms with van der Waals surface area (Å²) < 4.78 is 18.8. The van der Waals surface area contributed by atoms with Gasteiger partial charge in [0, 0.05) is 24.3 Å². The van der Waals surface area contributed by atoms with Crippen LogP contribution in [0.5, 0.6) is 17.2 Å². The molecule has 1 saturated carbocycles. The summed E-state index contributed by atoms with van der Waals surface area (Å²) in [7, 11) is 5.21. The summed E-state index contributed by atoms with van der Waals surface area (Å²) in [6, 6.07) is 7.39.